The van der Waals surface area contributed by atoms with Crippen molar-refractivity contribution in [2.75, 3.05) is 6.54 Å². The summed E-state index contributed by atoms with van der Waals surface area (Å²) >= 11 is 1.46. The van der Waals surface area contributed by atoms with Crippen molar-refractivity contribution in [1.29, 1.82) is 0 Å². The molecule has 3 aromatic rings. The second kappa shape index (κ2) is 9.56. The van der Waals surface area contributed by atoms with Crippen molar-refractivity contribution in [3.05, 3.63) is 71.9 Å². The molecule has 6 heteroatoms. The van der Waals surface area contributed by atoms with E-state index in [0.717, 1.165) is 28.4 Å². The maximum Gasteiger partial charge on any atom is 0.216 e. The largest absolute Gasteiger partial charge is 0.356 e. The Morgan fingerprint density at radius 1 is 1.10 bits per heavy atom. The minimum absolute atomic E-state index is 0.0349. The summed E-state index contributed by atoms with van der Waals surface area (Å²) in [5, 5.41) is 3.35. The van der Waals surface area contributed by atoms with Gasteiger partial charge in [0, 0.05) is 26.1 Å². The van der Waals surface area contributed by atoms with Crippen molar-refractivity contribution < 1.29 is 9.59 Å². The summed E-state index contributed by atoms with van der Waals surface area (Å²) in [6.45, 7) is 4.01. The third kappa shape index (κ3) is 5.35. The SMILES string of the molecule is CC(=O)NCCc1ccc(C(=O)C(C)Sc2ncc(-c3ccccc3)n2C)cc1. The molecule has 1 atom stereocenters. The first-order valence-corrected chi connectivity index (χ1v) is 10.4. The maximum absolute atomic E-state index is 12.8. The first-order valence-electron chi connectivity index (χ1n) is 9.57. The number of nitrogens with zero attached hydrogens (tertiary/aromatic N) is 2. The lowest BCUT2D eigenvalue weighted by molar-refractivity contribution is -0.118. The smallest absolute Gasteiger partial charge is 0.216 e. The number of benzene rings is 2. The van der Waals surface area contributed by atoms with E-state index in [1.54, 1.807) is 0 Å². The van der Waals surface area contributed by atoms with Gasteiger partial charge in [0.2, 0.25) is 5.91 Å². The Kier molecular flexibility index (Phi) is 6.88. The lowest BCUT2D eigenvalue weighted by Crippen LogP contribution is -2.22. The summed E-state index contributed by atoms with van der Waals surface area (Å²) in [7, 11) is 1.97. The lowest BCUT2D eigenvalue weighted by atomic mass is 10.0. The molecule has 5 nitrogen and oxygen atoms in total. The van der Waals surface area contributed by atoms with Crippen LogP contribution in [-0.2, 0) is 18.3 Å². The number of imidazole rings is 1. The molecular weight excluding hydrogens is 382 g/mol. The van der Waals surface area contributed by atoms with Crippen LogP contribution in [0.15, 0.2) is 66.0 Å². The summed E-state index contributed by atoms with van der Waals surface area (Å²) in [6, 6.07) is 17.7. The molecule has 150 valence electrons. The average molecular weight is 408 g/mol. The molecule has 1 amide bonds. The van der Waals surface area contributed by atoms with E-state index in [2.05, 4.69) is 10.3 Å². The fourth-order valence-electron chi connectivity index (χ4n) is 3.04. The standard InChI is InChI=1S/C23H25N3O2S/c1-16(22(28)20-11-9-18(10-12-20)13-14-24-17(2)27)29-23-25-15-21(26(23)3)19-7-5-4-6-8-19/h4-12,15-16H,13-14H2,1-3H3,(H,24,27). The van der Waals surface area contributed by atoms with Gasteiger partial charge in [0.1, 0.15) is 0 Å². The van der Waals surface area contributed by atoms with Crippen molar-refractivity contribution in [2.45, 2.75) is 30.7 Å². The van der Waals surface area contributed by atoms with Crippen LogP contribution in [0.5, 0.6) is 0 Å². The highest BCUT2D eigenvalue weighted by Crippen LogP contribution is 2.28. The van der Waals surface area contributed by atoms with E-state index in [0.29, 0.717) is 12.1 Å². The van der Waals surface area contributed by atoms with Crippen LogP contribution in [0.2, 0.25) is 0 Å². The van der Waals surface area contributed by atoms with Crippen molar-refractivity contribution >= 4 is 23.5 Å². The van der Waals surface area contributed by atoms with Gasteiger partial charge in [-0.1, -0.05) is 66.4 Å². The molecule has 0 fully saturated rings. The number of thioether (sulfide) groups is 1. The van der Waals surface area contributed by atoms with Gasteiger partial charge in [-0.05, 0) is 24.5 Å². The van der Waals surface area contributed by atoms with E-state index < -0.39 is 0 Å². The van der Waals surface area contributed by atoms with Crippen LogP contribution >= 0.6 is 11.8 Å². The summed E-state index contributed by atoms with van der Waals surface area (Å²) in [5.74, 6) is 0.0417. The Hall–Kier alpha value is -2.86. The van der Waals surface area contributed by atoms with Crippen molar-refractivity contribution in [1.82, 2.24) is 14.9 Å². The quantitative estimate of drug-likeness (QED) is 0.450. The normalized spacial score (nSPS) is 11.8. The predicted octanol–water partition coefficient (Wildman–Crippen LogP) is 4.13. The average Bonchev–Trinajstić information content (AvgIpc) is 3.08. The van der Waals surface area contributed by atoms with E-state index in [-0.39, 0.29) is 16.9 Å². The fraction of sp³-hybridized carbons (Fsp3) is 0.261. The molecule has 29 heavy (non-hydrogen) atoms. The molecular formula is C23H25N3O2S. The highest BCUT2D eigenvalue weighted by Gasteiger charge is 2.19. The predicted molar refractivity (Wildman–Crippen MR) is 117 cm³/mol. The number of hydrogen-bond donors (Lipinski definition) is 1. The molecule has 0 aliphatic rings. The van der Waals surface area contributed by atoms with Crippen LogP contribution in [0, 0.1) is 0 Å². The van der Waals surface area contributed by atoms with Crippen LogP contribution in [0.25, 0.3) is 11.3 Å². The summed E-state index contributed by atoms with van der Waals surface area (Å²) in [5.41, 5.74) is 3.90. The zero-order valence-corrected chi connectivity index (χ0v) is 17.7. The molecule has 0 saturated carbocycles. The number of aromatic nitrogens is 2. The Balaban J connectivity index is 1.64. The molecule has 0 saturated heterocycles. The minimum Gasteiger partial charge on any atom is -0.356 e. The van der Waals surface area contributed by atoms with E-state index in [4.69, 9.17) is 0 Å². The van der Waals surface area contributed by atoms with E-state index in [9.17, 15) is 9.59 Å². The monoisotopic (exact) mass is 407 g/mol. The molecule has 3 rings (SSSR count). The number of hydrogen-bond acceptors (Lipinski definition) is 4. The zero-order valence-electron chi connectivity index (χ0n) is 16.9. The fourth-order valence-corrected chi connectivity index (χ4v) is 3.97. The van der Waals surface area contributed by atoms with Gasteiger partial charge in [0.05, 0.1) is 17.1 Å². The van der Waals surface area contributed by atoms with Crippen molar-refractivity contribution in [3.63, 3.8) is 0 Å². The number of nitrogens with one attached hydrogen (secondary N) is 1. The number of Topliss-reactive ketones (excluding diaryl/α,β-unsaturated/α-hetero) is 1. The van der Waals surface area contributed by atoms with Crippen LogP contribution < -0.4 is 5.32 Å². The Labute approximate surface area is 175 Å². The zero-order chi connectivity index (χ0) is 20.8. The molecule has 0 aliphatic carbocycles. The van der Waals surface area contributed by atoms with E-state index in [1.165, 1.54) is 18.7 Å². The van der Waals surface area contributed by atoms with Gasteiger partial charge in [0.25, 0.3) is 0 Å². The molecule has 1 aromatic heterocycles. The molecule has 0 radical (unpaired) electrons. The highest BCUT2D eigenvalue weighted by atomic mass is 32.2. The van der Waals surface area contributed by atoms with E-state index in [1.807, 2.05) is 79.3 Å². The molecule has 0 spiro atoms. The second-order valence-corrected chi connectivity index (χ2v) is 8.21. The van der Waals surface area contributed by atoms with Crippen LogP contribution in [-0.4, -0.2) is 33.0 Å². The summed E-state index contributed by atoms with van der Waals surface area (Å²) in [4.78, 5) is 28.3. The molecule has 1 unspecified atom stereocenters. The van der Waals surface area contributed by atoms with Crippen molar-refractivity contribution in [3.8, 4) is 11.3 Å². The molecule has 0 bridgehead atoms. The summed E-state index contributed by atoms with van der Waals surface area (Å²) < 4.78 is 2.02. The second-order valence-electron chi connectivity index (χ2n) is 6.91. The first-order chi connectivity index (χ1) is 14.0. The number of amides is 1. The van der Waals surface area contributed by atoms with Crippen LogP contribution in [0.1, 0.15) is 29.8 Å². The third-order valence-corrected chi connectivity index (χ3v) is 5.85. The van der Waals surface area contributed by atoms with Gasteiger partial charge >= 0.3 is 0 Å². The number of carbonyl (C=O) groups is 2. The minimum atomic E-state index is -0.245. The van der Waals surface area contributed by atoms with Crippen molar-refractivity contribution in [2.24, 2.45) is 7.05 Å². The van der Waals surface area contributed by atoms with Gasteiger partial charge in [-0.15, -0.1) is 0 Å². The number of rotatable bonds is 8. The number of ketones is 1. The maximum atomic E-state index is 12.8. The Morgan fingerprint density at radius 2 is 1.79 bits per heavy atom. The van der Waals surface area contributed by atoms with Crippen LogP contribution in [0.3, 0.4) is 0 Å². The molecule has 1 N–H and O–H groups in total. The topological polar surface area (TPSA) is 64.0 Å². The lowest BCUT2D eigenvalue weighted by Gasteiger charge is -2.12. The van der Waals surface area contributed by atoms with Crippen LogP contribution in [0.4, 0.5) is 0 Å². The molecule has 2 aromatic carbocycles. The molecule has 0 aliphatic heterocycles. The Bertz CT molecular complexity index is 981. The molecule has 1 heterocycles. The summed E-state index contributed by atoms with van der Waals surface area (Å²) in [6.07, 6.45) is 2.59. The first kappa shape index (κ1) is 20.9. The van der Waals surface area contributed by atoms with Gasteiger partial charge in [-0.3, -0.25) is 9.59 Å². The van der Waals surface area contributed by atoms with E-state index >= 15 is 0 Å². The number of carbonyl (C=O) groups excluding carboxylic acids is 2. The Morgan fingerprint density at radius 3 is 2.45 bits per heavy atom. The third-order valence-electron chi connectivity index (χ3n) is 4.69. The van der Waals surface area contributed by atoms with Gasteiger partial charge in [0.15, 0.2) is 10.9 Å². The van der Waals surface area contributed by atoms with Gasteiger partial charge < -0.3 is 9.88 Å². The highest BCUT2D eigenvalue weighted by molar-refractivity contribution is 8.00. The van der Waals surface area contributed by atoms with Gasteiger partial charge in [-0.2, -0.15) is 0 Å². The van der Waals surface area contributed by atoms with Gasteiger partial charge in [-0.25, -0.2) is 4.98 Å².